The van der Waals surface area contributed by atoms with E-state index >= 15 is 0 Å². The average molecular weight is 445 g/mol. The molecule has 2 amide bonds. The van der Waals surface area contributed by atoms with Gasteiger partial charge in [-0.05, 0) is 48.7 Å². The molecular weight excluding hydrogens is 416 g/mol. The van der Waals surface area contributed by atoms with Crippen LogP contribution in [0, 0.1) is 0 Å². The fourth-order valence-electron chi connectivity index (χ4n) is 4.02. The van der Waals surface area contributed by atoms with E-state index < -0.39 is 6.10 Å². The molecule has 6 nitrogen and oxygen atoms in total. The molecule has 6 heteroatoms. The van der Waals surface area contributed by atoms with E-state index in [2.05, 4.69) is 5.32 Å². The highest BCUT2D eigenvalue weighted by molar-refractivity contribution is 5.92. The van der Waals surface area contributed by atoms with Gasteiger partial charge in [0.25, 0.3) is 5.91 Å². The molecule has 1 N–H and O–H groups in total. The summed E-state index contributed by atoms with van der Waals surface area (Å²) in [4.78, 5) is 27.2. The first-order valence-corrected chi connectivity index (χ1v) is 11.1. The summed E-state index contributed by atoms with van der Waals surface area (Å²) in [5, 5.41) is 2.96. The van der Waals surface area contributed by atoms with Crippen molar-refractivity contribution in [2.75, 3.05) is 19.0 Å². The van der Waals surface area contributed by atoms with E-state index in [-0.39, 0.29) is 11.8 Å². The number of amides is 2. The molecule has 0 spiro atoms. The molecule has 3 aromatic rings. The van der Waals surface area contributed by atoms with Crippen LogP contribution in [0.2, 0.25) is 0 Å². The van der Waals surface area contributed by atoms with E-state index in [0.29, 0.717) is 37.4 Å². The lowest BCUT2D eigenvalue weighted by Gasteiger charge is -2.22. The predicted molar refractivity (Wildman–Crippen MR) is 127 cm³/mol. The van der Waals surface area contributed by atoms with Crippen LogP contribution in [-0.4, -0.2) is 36.5 Å². The Kier molecular flexibility index (Phi) is 6.93. The summed E-state index contributed by atoms with van der Waals surface area (Å²) in [5.74, 6) is 1.33. The predicted octanol–water partition coefficient (Wildman–Crippen LogP) is 4.23. The fourth-order valence-corrected chi connectivity index (χ4v) is 4.02. The SMILES string of the molecule is COc1ccccc1CCN1Cc2cc(NC(=O)Cc3ccccc3)ccc2O[C@@H](C)C1=O. The average Bonchev–Trinajstić information content (AvgIpc) is 2.94. The number of hydrogen-bond acceptors (Lipinski definition) is 4. The smallest absolute Gasteiger partial charge is 0.263 e. The molecule has 0 saturated carbocycles. The Morgan fingerprint density at radius 2 is 1.85 bits per heavy atom. The molecule has 0 radical (unpaired) electrons. The second-order valence-electron chi connectivity index (χ2n) is 8.11. The van der Waals surface area contributed by atoms with Crippen molar-refractivity contribution in [1.29, 1.82) is 0 Å². The highest BCUT2D eigenvalue weighted by Crippen LogP contribution is 2.29. The van der Waals surface area contributed by atoms with E-state index in [1.165, 1.54) is 0 Å². The summed E-state index contributed by atoms with van der Waals surface area (Å²) >= 11 is 0. The van der Waals surface area contributed by atoms with Crippen molar-refractivity contribution in [3.63, 3.8) is 0 Å². The minimum absolute atomic E-state index is 0.0595. The van der Waals surface area contributed by atoms with E-state index in [0.717, 1.165) is 22.4 Å². The summed E-state index contributed by atoms with van der Waals surface area (Å²) < 4.78 is 11.4. The van der Waals surface area contributed by atoms with Crippen molar-refractivity contribution in [3.8, 4) is 11.5 Å². The maximum absolute atomic E-state index is 13.0. The zero-order chi connectivity index (χ0) is 23.2. The number of anilines is 1. The highest BCUT2D eigenvalue weighted by Gasteiger charge is 2.28. The zero-order valence-electron chi connectivity index (χ0n) is 18.9. The number of hydrogen-bond donors (Lipinski definition) is 1. The van der Waals surface area contributed by atoms with E-state index in [1.807, 2.05) is 72.8 Å². The van der Waals surface area contributed by atoms with Crippen LogP contribution in [0.5, 0.6) is 11.5 Å². The molecule has 1 heterocycles. The van der Waals surface area contributed by atoms with Crippen LogP contribution in [0.1, 0.15) is 23.6 Å². The molecule has 170 valence electrons. The van der Waals surface area contributed by atoms with Crippen molar-refractivity contribution >= 4 is 17.5 Å². The number of methoxy groups -OCH3 is 1. The number of nitrogens with zero attached hydrogens (tertiary/aromatic N) is 1. The Bertz CT molecular complexity index is 1130. The lowest BCUT2D eigenvalue weighted by Crippen LogP contribution is -2.39. The van der Waals surface area contributed by atoms with Gasteiger partial charge in [0.15, 0.2) is 6.10 Å². The van der Waals surface area contributed by atoms with Gasteiger partial charge in [0.05, 0.1) is 13.5 Å². The second kappa shape index (κ2) is 10.2. The first kappa shape index (κ1) is 22.4. The van der Waals surface area contributed by atoms with E-state index in [4.69, 9.17) is 9.47 Å². The van der Waals surface area contributed by atoms with Crippen molar-refractivity contribution in [2.24, 2.45) is 0 Å². The largest absolute Gasteiger partial charge is 0.496 e. The normalized spacial score (nSPS) is 15.3. The minimum atomic E-state index is -0.581. The Hall–Kier alpha value is -3.80. The van der Waals surface area contributed by atoms with Gasteiger partial charge in [0.2, 0.25) is 5.91 Å². The first-order chi connectivity index (χ1) is 16.0. The topological polar surface area (TPSA) is 67.9 Å². The van der Waals surface area contributed by atoms with E-state index in [9.17, 15) is 9.59 Å². The van der Waals surface area contributed by atoms with Gasteiger partial charge in [0, 0.05) is 24.3 Å². The quantitative estimate of drug-likeness (QED) is 0.592. The molecular formula is C27H28N2O4. The summed E-state index contributed by atoms with van der Waals surface area (Å²) in [6, 6.07) is 23.0. The minimum Gasteiger partial charge on any atom is -0.496 e. The van der Waals surface area contributed by atoms with Crippen LogP contribution in [0.4, 0.5) is 5.69 Å². The molecule has 0 bridgehead atoms. The third kappa shape index (κ3) is 5.52. The highest BCUT2D eigenvalue weighted by atomic mass is 16.5. The van der Waals surface area contributed by atoms with Gasteiger partial charge in [0.1, 0.15) is 11.5 Å². The van der Waals surface area contributed by atoms with Gasteiger partial charge in [-0.15, -0.1) is 0 Å². The number of para-hydroxylation sites is 1. The number of nitrogens with one attached hydrogen (secondary N) is 1. The zero-order valence-corrected chi connectivity index (χ0v) is 18.9. The van der Waals surface area contributed by atoms with Gasteiger partial charge >= 0.3 is 0 Å². The summed E-state index contributed by atoms with van der Waals surface area (Å²) in [6.45, 7) is 2.72. The van der Waals surface area contributed by atoms with Crippen molar-refractivity contribution in [3.05, 3.63) is 89.5 Å². The molecule has 1 aliphatic heterocycles. The molecule has 33 heavy (non-hydrogen) atoms. The molecule has 0 aliphatic carbocycles. The molecule has 1 aliphatic rings. The molecule has 0 aromatic heterocycles. The molecule has 3 aromatic carbocycles. The third-order valence-electron chi connectivity index (χ3n) is 5.72. The van der Waals surface area contributed by atoms with Gasteiger partial charge in [-0.25, -0.2) is 0 Å². The summed E-state index contributed by atoms with van der Waals surface area (Å²) in [7, 11) is 1.65. The van der Waals surface area contributed by atoms with Crippen molar-refractivity contribution in [1.82, 2.24) is 4.90 Å². The van der Waals surface area contributed by atoms with Crippen LogP contribution >= 0.6 is 0 Å². The van der Waals surface area contributed by atoms with Gasteiger partial charge in [-0.1, -0.05) is 48.5 Å². The summed E-state index contributed by atoms with van der Waals surface area (Å²) in [5.41, 5.74) is 3.55. The number of fused-ring (bicyclic) bond motifs is 1. The number of ether oxygens (including phenoxy) is 2. The maximum atomic E-state index is 13.0. The Morgan fingerprint density at radius 1 is 1.09 bits per heavy atom. The summed E-state index contributed by atoms with van der Waals surface area (Å²) in [6.07, 6.45) is 0.391. The fraction of sp³-hybridized carbons (Fsp3) is 0.259. The van der Waals surface area contributed by atoms with Crippen LogP contribution in [0.15, 0.2) is 72.8 Å². The van der Waals surface area contributed by atoms with Crippen LogP contribution in [0.3, 0.4) is 0 Å². The Balaban J connectivity index is 1.48. The monoisotopic (exact) mass is 444 g/mol. The van der Waals surface area contributed by atoms with Crippen LogP contribution in [-0.2, 0) is 29.0 Å². The Morgan fingerprint density at radius 3 is 2.64 bits per heavy atom. The molecule has 0 unspecified atom stereocenters. The lowest BCUT2D eigenvalue weighted by atomic mass is 10.1. The van der Waals surface area contributed by atoms with Gasteiger partial charge in [-0.2, -0.15) is 0 Å². The maximum Gasteiger partial charge on any atom is 0.263 e. The lowest BCUT2D eigenvalue weighted by molar-refractivity contribution is -0.137. The number of benzene rings is 3. The van der Waals surface area contributed by atoms with Gasteiger partial charge in [-0.3, -0.25) is 9.59 Å². The van der Waals surface area contributed by atoms with Crippen LogP contribution < -0.4 is 14.8 Å². The van der Waals surface area contributed by atoms with Crippen molar-refractivity contribution in [2.45, 2.75) is 32.4 Å². The van der Waals surface area contributed by atoms with Crippen molar-refractivity contribution < 1.29 is 19.1 Å². The van der Waals surface area contributed by atoms with Gasteiger partial charge < -0.3 is 19.7 Å². The van der Waals surface area contributed by atoms with Crippen LogP contribution in [0.25, 0.3) is 0 Å². The molecule has 0 saturated heterocycles. The molecule has 0 fully saturated rings. The number of carbonyl (C=O) groups excluding carboxylic acids is 2. The molecule has 4 rings (SSSR count). The Labute approximate surface area is 194 Å². The second-order valence-corrected chi connectivity index (χ2v) is 8.11. The standard InChI is InChI=1S/C27H28N2O4/c1-19-27(31)29(15-14-21-10-6-7-11-24(21)32-2)18-22-17-23(12-13-25(22)33-19)28-26(30)16-20-8-4-3-5-9-20/h3-13,17,19H,14-16,18H2,1-2H3,(H,28,30)/t19-/m0/s1. The molecule has 1 atom stereocenters. The third-order valence-corrected chi connectivity index (χ3v) is 5.72. The first-order valence-electron chi connectivity index (χ1n) is 11.1. The number of rotatable bonds is 7. The number of carbonyl (C=O) groups is 2. The van der Waals surface area contributed by atoms with E-state index in [1.54, 1.807) is 18.9 Å².